The Hall–Kier alpha value is -2.63. The zero-order valence-corrected chi connectivity index (χ0v) is 46.1. The summed E-state index contributed by atoms with van der Waals surface area (Å²) in [5, 5.41) is 0. The molecule has 0 saturated carbocycles. The van der Waals surface area contributed by atoms with Crippen LogP contribution in [0, 0.1) is 0 Å². The van der Waals surface area contributed by atoms with Gasteiger partial charge in [0.1, 0.15) is 13.2 Å². The van der Waals surface area contributed by atoms with E-state index in [4.69, 9.17) is 14.2 Å². The molecule has 0 amide bonds. The third kappa shape index (κ3) is 56.2. The molecule has 0 aliphatic heterocycles. The van der Waals surface area contributed by atoms with E-state index in [1.54, 1.807) is 0 Å². The standard InChI is InChI=1S/C63H114O6/c1-4-7-10-13-16-19-22-25-28-30-31-33-35-38-41-44-47-50-53-56-62(65)68-59-60(58-67-61(64)55-52-49-46-43-40-37-34-27-24-21-18-15-12-9-6-3)69-63(66)57-54-51-48-45-42-39-36-32-29-26-23-20-17-14-11-8-5-2/h18,21,26-27,29-31,34,60H,4-17,19-20,22-25,28,32-33,35-59H2,1-3H3/b21-18-,29-26-,31-30-,34-27-/t60-/m1/s1. The minimum absolute atomic E-state index is 0.0800. The lowest BCUT2D eigenvalue weighted by Gasteiger charge is -2.18. The smallest absolute Gasteiger partial charge is 0.306 e. The van der Waals surface area contributed by atoms with Gasteiger partial charge in [-0.1, -0.05) is 243 Å². The Labute approximate surface area is 428 Å². The van der Waals surface area contributed by atoms with Crippen LogP contribution in [0.15, 0.2) is 48.6 Å². The lowest BCUT2D eigenvalue weighted by atomic mass is 10.1. The number of carbonyl (C=O) groups is 3. The van der Waals surface area contributed by atoms with Gasteiger partial charge in [0.2, 0.25) is 0 Å². The average Bonchev–Trinajstić information content (AvgIpc) is 3.35. The van der Waals surface area contributed by atoms with Crippen LogP contribution in [0.5, 0.6) is 0 Å². The van der Waals surface area contributed by atoms with Crippen molar-refractivity contribution in [3.05, 3.63) is 48.6 Å². The maximum Gasteiger partial charge on any atom is 0.306 e. The molecule has 0 unspecified atom stereocenters. The van der Waals surface area contributed by atoms with Crippen LogP contribution in [0.4, 0.5) is 0 Å². The Balaban J connectivity index is 4.37. The quantitative estimate of drug-likeness (QED) is 0.0262. The number of rotatable bonds is 55. The number of hydrogen-bond acceptors (Lipinski definition) is 6. The van der Waals surface area contributed by atoms with Crippen LogP contribution in [-0.2, 0) is 28.6 Å². The molecule has 0 aliphatic rings. The number of carbonyl (C=O) groups excluding carboxylic acids is 3. The summed E-state index contributed by atoms with van der Waals surface area (Å²) < 4.78 is 16.9. The van der Waals surface area contributed by atoms with Crippen molar-refractivity contribution in [3.63, 3.8) is 0 Å². The average molecular weight is 968 g/mol. The number of allylic oxidation sites excluding steroid dienone is 8. The van der Waals surface area contributed by atoms with Crippen molar-refractivity contribution in [1.29, 1.82) is 0 Å². The highest BCUT2D eigenvalue weighted by molar-refractivity contribution is 5.71. The molecule has 69 heavy (non-hydrogen) atoms. The van der Waals surface area contributed by atoms with Crippen LogP contribution >= 0.6 is 0 Å². The van der Waals surface area contributed by atoms with Crippen LogP contribution in [0.3, 0.4) is 0 Å². The molecule has 0 rings (SSSR count). The highest BCUT2D eigenvalue weighted by Gasteiger charge is 2.19. The van der Waals surface area contributed by atoms with E-state index < -0.39 is 6.10 Å². The van der Waals surface area contributed by atoms with Crippen molar-refractivity contribution in [1.82, 2.24) is 0 Å². The van der Waals surface area contributed by atoms with Gasteiger partial charge in [0, 0.05) is 19.3 Å². The van der Waals surface area contributed by atoms with Gasteiger partial charge in [-0.3, -0.25) is 14.4 Å². The predicted molar refractivity (Wildman–Crippen MR) is 298 cm³/mol. The molecule has 0 N–H and O–H groups in total. The zero-order chi connectivity index (χ0) is 50.0. The number of esters is 3. The van der Waals surface area contributed by atoms with Gasteiger partial charge >= 0.3 is 17.9 Å². The second-order valence-corrected chi connectivity index (χ2v) is 20.2. The van der Waals surface area contributed by atoms with E-state index >= 15 is 0 Å². The first-order valence-electron chi connectivity index (χ1n) is 30.1. The van der Waals surface area contributed by atoms with Gasteiger partial charge in [0.15, 0.2) is 6.10 Å². The maximum absolute atomic E-state index is 12.9. The molecule has 402 valence electrons. The van der Waals surface area contributed by atoms with Crippen LogP contribution in [0.2, 0.25) is 0 Å². The van der Waals surface area contributed by atoms with E-state index in [0.29, 0.717) is 19.3 Å². The Morgan fingerprint density at radius 2 is 0.522 bits per heavy atom. The Kier molecular flexibility index (Phi) is 55.7. The second kappa shape index (κ2) is 57.9. The first-order chi connectivity index (χ1) is 34.0. The van der Waals surface area contributed by atoms with E-state index in [0.717, 1.165) is 77.0 Å². The number of unbranched alkanes of at least 4 members (excludes halogenated alkanes) is 36. The molecule has 6 nitrogen and oxygen atoms in total. The van der Waals surface area contributed by atoms with Crippen LogP contribution in [-0.4, -0.2) is 37.2 Å². The number of hydrogen-bond donors (Lipinski definition) is 0. The Morgan fingerprint density at radius 1 is 0.290 bits per heavy atom. The van der Waals surface area contributed by atoms with Crippen LogP contribution in [0.1, 0.15) is 316 Å². The normalized spacial score (nSPS) is 12.3. The Morgan fingerprint density at radius 3 is 0.841 bits per heavy atom. The SMILES string of the molecule is CCCCC/C=C\C/C=C\CCCCCCCC(=O)OC[C@H](COC(=O)CCCCCCCCC/C=C\CCCCCCCCCC)OC(=O)CCCCCCCCC/C=C\CCCCCCCC. The lowest BCUT2D eigenvalue weighted by Crippen LogP contribution is -2.30. The van der Waals surface area contributed by atoms with Gasteiger partial charge in [-0.2, -0.15) is 0 Å². The highest BCUT2D eigenvalue weighted by Crippen LogP contribution is 2.16. The predicted octanol–water partition coefficient (Wildman–Crippen LogP) is 20.2. The molecule has 0 aromatic rings. The van der Waals surface area contributed by atoms with Crippen LogP contribution in [0.25, 0.3) is 0 Å². The van der Waals surface area contributed by atoms with Crippen molar-refractivity contribution >= 4 is 17.9 Å². The third-order valence-electron chi connectivity index (χ3n) is 13.3. The molecule has 0 aliphatic carbocycles. The molecule has 0 spiro atoms. The summed E-state index contributed by atoms with van der Waals surface area (Å²) in [6.07, 6.45) is 71.0. The monoisotopic (exact) mass is 967 g/mol. The molecule has 6 heteroatoms. The maximum atomic E-state index is 12.9. The van der Waals surface area contributed by atoms with E-state index in [-0.39, 0.29) is 31.1 Å². The zero-order valence-electron chi connectivity index (χ0n) is 46.1. The number of ether oxygens (including phenoxy) is 3. The minimum Gasteiger partial charge on any atom is -0.462 e. The summed E-state index contributed by atoms with van der Waals surface area (Å²) in [6.45, 7) is 6.63. The molecule has 0 heterocycles. The van der Waals surface area contributed by atoms with Crippen molar-refractivity contribution in [2.24, 2.45) is 0 Å². The summed E-state index contributed by atoms with van der Waals surface area (Å²) in [7, 11) is 0. The molecular weight excluding hydrogens is 853 g/mol. The lowest BCUT2D eigenvalue weighted by molar-refractivity contribution is -0.167. The largest absolute Gasteiger partial charge is 0.462 e. The molecule has 0 radical (unpaired) electrons. The van der Waals surface area contributed by atoms with Crippen molar-refractivity contribution in [3.8, 4) is 0 Å². The third-order valence-corrected chi connectivity index (χ3v) is 13.3. The minimum atomic E-state index is -0.783. The van der Waals surface area contributed by atoms with E-state index in [1.807, 2.05) is 0 Å². The van der Waals surface area contributed by atoms with Gasteiger partial charge in [0.05, 0.1) is 0 Å². The van der Waals surface area contributed by atoms with Gasteiger partial charge in [-0.25, -0.2) is 0 Å². The molecule has 0 fully saturated rings. The van der Waals surface area contributed by atoms with E-state index in [1.165, 1.54) is 199 Å². The topological polar surface area (TPSA) is 78.9 Å². The van der Waals surface area contributed by atoms with Crippen molar-refractivity contribution in [2.75, 3.05) is 13.2 Å². The molecule has 0 aromatic carbocycles. The fourth-order valence-electron chi connectivity index (χ4n) is 8.70. The summed E-state index contributed by atoms with van der Waals surface area (Å²) in [5.74, 6) is -0.887. The van der Waals surface area contributed by atoms with E-state index in [2.05, 4.69) is 69.4 Å². The summed E-state index contributed by atoms with van der Waals surface area (Å²) in [5.41, 5.74) is 0. The first kappa shape index (κ1) is 66.4. The molecule has 1 atom stereocenters. The second-order valence-electron chi connectivity index (χ2n) is 20.2. The first-order valence-corrected chi connectivity index (χ1v) is 30.1. The summed E-state index contributed by atoms with van der Waals surface area (Å²) in [4.78, 5) is 38.2. The summed E-state index contributed by atoms with van der Waals surface area (Å²) >= 11 is 0. The van der Waals surface area contributed by atoms with Crippen molar-refractivity contribution in [2.45, 2.75) is 322 Å². The van der Waals surface area contributed by atoms with Crippen LogP contribution < -0.4 is 0 Å². The van der Waals surface area contributed by atoms with Gasteiger partial charge < -0.3 is 14.2 Å². The molecule has 0 bridgehead atoms. The fourth-order valence-corrected chi connectivity index (χ4v) is 8.70. The Bertz CT molecular complexity index is 1200. The molecule has 0 saturated heterocycles. The van der Waals surface area contributed by atoms with Gasteiger partial charge in [0.25, 0.3) is 0 Å². The highest BCUT2D eigenvalue weighted by atomic mass is 16.6. The fraction of sp³-hybridized carbons (Fsp3) is 0.825. The van der Waals surface area contributed by atoms with Gasteiger partial charge in [-0.15, -0.1) is 0 Å². The summed E-state index contributed by atoms with van der Waals surface area (Å²) in [6, 6.07) is 0. The molecule has 0 aromatic heterocycles. The molecular formula is C63H114O6. The van der Waals surface area contributed by atoms with E-state index in [9.17, 15) is 14.4 Å². The van der Waals surface area contributed by atoms with Gasteiger partial charge in [-0.05, 0) is 103 Å². The van der Waals surface area contributed by atoms with Crippen molar-refractivity contribution < 1.29 is 28.6 Å².